The number of H-pyrrole nitrogens is 1. The second kappa shape index (κ2) is 6.61. The molecule has 0 aliphatic heterocycles. The molecule has 0 aliphatic rings. The van der Waals surface area contributed by atoms with Crippen molar-refractivity contribution >= 4 is 33.6 Å². The molecule has 0 fully saturated rings. The third-order valence-corrected chi connectivity index (χ3v) is 5.60. The van der Waals surface area contributed by atoms with E-state index in [0.29, 0.717) is 5.75 Å². The van der Waals surface area contributed by atoms with E-state index in [1.807, 2.05) is 24.3 Å². The van der Waals surface area contributed by atoms with Crippen molar-refractivity contribution in [2.75, 3.05) is 0 Å². The van der Waals surface area contributed by atoms with E-state index in [1.165, 1.54) is 22.1 Å². The molecule has 3 nitrogen and oxygen atoms in total. The zero-order chi connectivity index (χ0) is 18.3. The number of aromatic amines is 1. The highest BCUT2D eigenvalue weighted by molar-refractivity contribution is 7.98. The van der Waals surface area contributed by atoms with Crippen molar-refractivity contribution in [3.63, 3.8) is 0 Å². The molecule has 2 aromatic carbocycles. The Kier molecular flexibility index (Phi) is 4.29. The van der Waals surface area contributed by atoms with Gasteiger partial charge >= 0.3 is 0 Å². The molecule has 2 aromatic heterocycles. The van der Waals surface area contributed by atoms with Gasteiger partial charge in [-0.25, -0.2) is 4.98 Å². The minimum atomic E-state index is -0.0618. The van der Waals surface area contributed by atoms with Crippen LogP contribution >= 0.6 is 11.8 Å². The summed E-state index contributed by atoms with van der Waals surface area (Å²) >= 11 is 1.68. The van der Waals surface area contributed by atoms with Crippen LogP contribution in [0.3, 0.4) is 0 Å². The van der Waals surface area contributed by atoms with E-state index in [-0.39, 0.29) is 5.56 Å². The van der Waals surface area contributed by atoms with Crippen molar-refractivity contribution in [3.05, 3.63) is 81.1 Å². The molecule has 0 bridgehead atoms. The Balaban J connectivity index is 1.72. The number of benzene rings is 2. The predicted molar refractivity (Wildman–Crippen MR) is 110 cm³/mol. The largest absolute Gasteiger partial charge is 0.322 e. The molecule has 0 saturated carbocycles. The molecule has 0 saturated heterocycles. The molecule has 130 valence electrons. The molecule has 4 heteroatoms. The fourth-order valence-electron chi connectivity index (χ4n) is 3.44. The van der Waals surface area contributed by atoms with Crippen LogP contribution in [0, 0.1) is 20.8 Å². The van der Waals surface area contributed by atoms with Gasteiger partial charge in [0.2, 0.25) is 5.56 Å². The lowest BCUT2D eigenvalue weighted by Gasteiger charge is -2.10. The van der Waals surface area contributed by atoms with Crippen molar-refractivity contribution in [2.45, 2.75) is 31.6 Å². The van der Waals surface area contributed by atoms with E-state index in [2.05, 4.69) is 44.0 Å². The summed E-state index contributed by atoms with van der Waals surface area (Å²) < 4.78 is 0. The Morgan fingerprint density at radius 2 is 1.77 bits per heavy atom. The van der Waals surface area contributed by atoms with Gasteiger partial charge in [0.05, 0.1) is 10.5 Å². The van der Waals surface area contributed by atoms with Crippen molar-refractivity contribution in [2.24, 2.45) is 0 Å². The number of para-hydroxylation sites is 1. The minimum absolute atomic E-state index is 0.0618. The second-order valence-corrected chi connectivity index (χ2v) is 7.74. The Hall–Kier alpha value is -2.59. The summed E-state index contributed by atoms with van der Waals surface area (Å²) in [4.78, 5) is 19.7. The first kappa shape index (κ1) is 16.9. The zero-order valence-electron chi connectivity index (χ0n) is 15.1. The highest BCUT2D eigenvalue weighted by atomic mass is 32.2. The van der Waals surface area contributed by atoms with Gasteiger partial charge in [-0.3, -0.25) is 4.79 Å². The number of pyridine rings is 2. The van der Waals surface area contributed by atoms with Gasteiger partial charge in [0, 0.05) is 28.1 Å². The standard InChI is InChI=1S/C22H20N2OS/c1-13-8-15(3)22-18(9-13)14(2)10-21(24-22)26-12-16-11-20(25)23-19-7-5-4-6-17(16)19/h4-11H,12H2,1-3H3,(H,23,25). The number of thioether (sulfide) groups is 1. The zero-order valence-corrected chi connectivity index (χ0v) is 15.9. The number of rotatable bonds is 3. The van der Waals surface area contributed by atoms with Crippen molar-refractivity contribution < 1.29 is 0 Å². The van der Waals surface area contributed by atoms with Crippen LogP contribution < -0.4 is 5.56 Å². The van der Waals surface area contributed by atoms with E-state index < -0.39 is 0 Å². The van der Waals surface area contributed by atoms with Gasteiger partial charge in [0.25, 0.3) is 0 Å². The molecule has 4 aromatic rings. The third-order valence-electron chi connectivity index (χ3n) is 4.64. The first-order chi connectivity index (χ1) is 12.5. The molecule has 0 atom stereocenters. The van der Waals surface area contributed by atoms with E-state index in [9.17, 15) is 4.79 Å². The van der Waals surface area contributed by atoms with E-state index in [4.69, 9.17) is 4.98 Å². The maximum Gasteiger partial charge on any atom is 0.248 e. The average Bonchev–Trinajstić information content (AvgIpc) is 2.60. The first-order valence-electron chi connectivity index (χ1n) is 8.63. The maximum atomic E-state index is 11.9. The Morgan fingerprint density at radius 3 is 2.62 bits per heavy atom. The van der Waals surface area contributed by atoms with Crippen LogP contribution in [0.25, 0.3) is 21.8 Å². The summed E-state index contributed by atoms with van der Waals surface area (Å²) in [5.74, 6) is 0.716. The van der Waals surface area contributed by atoms with Gasteiger partial charge < -0.3 is 4.98 Å². The summed E-state index contributed by atoms with van der Waals surface area (Å²) in [7, 11) is 0. The van der Waals surface area contributed by atoms with E-state index in [1.54, 1.807) is 17.8 Å². The lowest BCUT2D eigenvalue weighted by molar-refractivity contribution is 1.15. The fraction of sp³-hybridized carbons (Fsp3) is 0.182. The molecule has 1 N–H and O–H groups in total. The number of hydrogen-bond donors (Lipinski definition) is 1. The van der Waals surface area contributed by atoms with E-state index in [0.717, 1.165) is 27.0 Å². The molecular weight excluding hydrogens is 340 g/mol. The Bertz CT molecular complexity index is 1190. The smallest absolute Gasteiger partial charge is 0.248 e. The minimum Gasteiger partial charge on any atom is -0.322 e. The molecule has 4 rings (SSSR count). The topological polar surface area (TPSA) is 45.8 Å². The molecule has 2 heterocycles. The Morgan fingerprint density at radius 1 is 0.962 bits per heavy atom. The van der Waals surface area contributed by atoms with Gasteiger partial charge in [-0.05, 0) is 55.7 Å². The molecule has 0 amide bonds. The molecule has 0 spiro atoms. The maximum absolute atomic E-state index is 11.9. The van der Waals surface area contributed by atoms with Crippen molar-refractivity contribution in [1.82, 2.24) is 9.97 Å². The summed E-state index contributed by atoms with van der Waals surface area (Å²) in [6.07, 6.45) is 0. The summed E-state index contributed by atoms with van der Waals surface area (Å²) in [6, 6.07) is 16.1. The Labute approximate surface area is 156 Å². The van der Waals surface area contributed by atoms with Gasteiger partial charge in [-0.1, -0.05) is 29.8 Å². The van der Waals surface area contributed by atoms with Gasteiger partial charge in [-0.2, -0.15) is 0 Å². The molecule has 0 aliphatic carbocycles. The van der Waals surface area contributed by atoms with Crippen LogP contribution in [-0.4, -0.2) is 9.97 Å². The van der Waals surface area contributed by atoms with Crippen molar-refractivity contribution in [1.29, 1.82) is 0 Å². The highest BCUT2D eigenvalue weighted by Gasteiger charge is 2.09. The van der Waals surface area contributed by atoms with Crippen LogP contribution in [0.4, 0.5) is 0 Å². The molecular formula is C22H20N2OS. The van der Waals surface area contributed by atoms with Gasteiger partial charge in [-0.15, -0.1) is 11.8 Å². The van der Waals surface area contributed by atoms with Gasteiger partial charge in [0.1, 0.15) is 0 Å². The fourth-order valence-corrected chi connectivity index (χ4v) is 4.39. The van der Waals surface area contributed by atoms with Crippen LogP contribution in [0.15, 0.2) is 58.4 Å². The van der Waals surface area contributed by atoms with Crippen molar-refractivity contribution in [3.8, 4) is 0 Å². The number of aromatic nitrogens is 2. The summed E-state index contributed by atoms with van der Waals surface area (Å²) in [5, 5.41) is 3.30. The first-order valence-corrected chi connectivity index (χ1v) is 9.62. The number of nitrogens with one attached hydrogen (secondary N) is 1. The van der Waals surface area contributed by atoms with Gasteiger partial charge in [0.15, 0.2) is 0 Å². The van der Waals surface area contributed by atoms with Crippen LogP contribution in [-0.2, 0) is 5.75 Å². The van der Waals surface area contributed by atoms with Crippen LogP contribution in [0.2, 0.25) is 0 Å². The lowest BCUT2D eigenvalue weighted by Crippen LogP contribution is -2.06. The quantitative estimate of drug-likeness (QED) is 0.505. The van der Waals surface area contributed by atoms with Crippen LogP contribution in [0.5, 0.6) is 0 Å². The number of aryl methyl sites for hydroxylation is 3. The molecule has 0 unspecified atom stereocenters. The molecule has 0 radical (unpaired) electrons. The number of hydrogen-bond acceptors (Lipinski definition) is 3. The number of fused-ring (bicyclic) bond motifs is 2. The monoisotopic (exact) mass is 360 g/mol. The van der Waals surface area contributed by atoms with Crippen LogP contribution in [0.1, 0.15) is 22.3 Å². The highest BCUT2D eigenvalue weighted by Crippen LogP contribution is 2.29. The molecule has 26 heavy (non-hydrogen) atoms. The predicted octanol–water partition coefficient (Wildman–Crippen LogP) is 5.29. The summed E-state index contributed by atoms with van der Waals surface area (Å²) in [6.45, 7) is 6.36. The third kappa shape index (κ3) is 3.13. The number of nitrogens with zero attached hydrogens (tertiary/aromatic N) is 1. The normalized spacial score (nSPS) is 11.3. The lowest BCUT2D eigenvalue weighted by atomic mass is 10.0. The van der Waals surface area contributed by atoms with E-state index >= 15 is 0 Å². The SMILES string of the molecule is Cc1cc(C)c2nc(SCc3cc(=O)[nH]c4ccccc34)cc(C)c2c1. The second-order valence-electron chi connectivity index (χ2n) is 6.75. The summed E-state index contributed by atoms with van der Waals surface area (Å²) in [5.41, 5.74) is 6.61. The average molecular weight is 360 g/mol.